The van der Waals surface area contributed by atoms with E-state index in [2.05, 4.69) is 33.9 Å². The normalized spacial score (nSPS) is 25.4. The molecule has 1 heterocycles. The summed E-state index contributed by atoms with van der Waals surface area (Å²) in [7, 11) is -1.93. The maximum absolute atomic E-state index is 14.2. The Morgan fingerprint density at radius 3 is 2.35 bits per heavy atom. The molecule has 2 N–H and O–H groups in total. The third-order valence-corrected chi connectivity index (χ3v) is 10.0. The monoisotopic (exact) mass is 339 g/mol. The predicted octanol–water partition coefficient (Wildman–Crippen LogP) is 4.04. The zero-order chi connectivity index (χ0) is 17.5. The van der Waals surface area contributed by atoms with Gasteiger partial charge in [-0.15, -0.1) is 0 Å². The van der Waals surface area contributed by atoms with E-state index in [-0.39, 0.29) is 22.9 Å². The Balaban J connectivity index is 2.26. The molecule has 0 bridgehead atoms. The predicted molar refractivity (Wildman–Crippen MR) is 94.3 cm³/mol. The highest BCUT2D eigenvalue weighted by Crippen LogP contribution is 2.42. The fourth-order valence-electron chi connectivity index (χ4n) is 2.86. The molecule has 0 aromatic heterocycles. The Morgan fingerprint density at radius 2 is 1.78 bits per heavy atom. The molecule has 0 radical (unpaired) electrons. The lowest BCUT2D eigenvalue weighted by Gasteiger charge is -2.42. The lowest BCUT2D eigenvalue weighted by molar-refractivity contribution is 0.105. The second-order valence-corrected chi connectivity index (χ2v) is 13.1. The van der Waals surface area contributed by atoms with Crippen LogP contribution >= 0.6 is 0 Å². The smallest absolute Gasteiger partial charge is 0.192 e. The van der Waals surface area contributed by atoms with E-state index in [1.165, 1.54) is 6.07 Å². The van der Waals surface area contributed by atoms with Crippen LogP contribution in [-0.2, 0) is 14.7 Å². The summed E-state index contributed by atoms with van der Waals surface area (Å²) in [6.07, 6.45) is -0.0921. The van der Waals surface area contributed by atoms with Crippen molar-refractivity contribution < 1.29 is 13.6 Å². The lowest BCUT2D eigenvalue weighted by Crippen LogP contribution is -2.52. The van der Waals surface area contributed by atoms with Crippen LogP contribution in [0.4, 0.5) is 4.39 Å². The topological polar surface area (TPSA) is 44.5 Å². The number of hydrogen-bond donors (Lipinski definition) is 1. The first-order valence-corrected chi connectivity index (χ1v) is 11.2. The van der Waals surface area contributed by atoms with E-state index in [1.54, 1.807) is 12.1 Å². The molecule has 0 spiro atoms. The highest BCUT2D eigenvalue weighted by Gasteiger charge is 2.47. The van der Waals surface area contributed by atoms with Gasteiger partial charge < -0.3 is 14.9 Å². The van der Waals surface area contributed by atoms with E-state index >= 15 is 0 Å². The average Bonchev–Trinajstić information content (AvgIpc) is 2.85. The number of ether oxygens (including phenoxy) is 1. The molecule has 0 amide bonds. The molecule has 0 aliphatic carbocycles. The largest absolute Gasteiger partial charge is 0.411 e. The molecule has 1 aliphatic rings. The summed E-state index contributed by atoms with van der Waals surface area (Å²) in [5.74, 6) is -0.330. The van der Waals surface area contributed by atoms with Crippen molar-refractivity contribution in [3.8, 4) is 0 Å². The van der Waals surface area contributed by atoms with Gasteiger partial charge in [0.1, 0.15) is 5.82 Å². The Kier molecular flexibility index (Phi) is 5.07. The summed E-state index contributed by atoms with van der Waals surface area (Å²) in [6.45, 7) is 14.0. The molecule has 1 aromatic carbocycles. The summed E-state index contributed by atoms with van der Waals surface area (Å²) in [5.41, 5.74) is 6.28. The summed E-state index contributed by atoms with van der Waals surface area (Å²) >= 11 is 0. The summed E-state index contributed by atoms with van der Waals surface area (Å²) in [4.78, 5) is 0. The van der Waals surface area contributed by atoms with Crippen LogP contribution in [0.25, 0.3) is 0 Å². The zero-order valence-corrected chi connectivity index (χ0v) is 16.2. The fraction of sp³-hybridized carbons (Fsp3) is 0.667. The molecule has 5 heteroatoms. The third-order valence-electron chi connectivity index (χ3n) is 5.50. The van der Waals surface area contributed by atoms with Gasteiger partial charge in [0, 0.05) is 17.0 Å². The number of hydrogen-bond acceptors (Lipinski definition) is 3. The molecule has 3 atom stereocenters. The summed E-state index contributed by atoms with van der Waals surface area (Å²) < 4.78 is 26.4. The van der Waals surface area contributed by atoms with E-state index < -0.39 is 13.9 Å². The number of benzene rings is 1. The highest BCUT2D eigenvalue weighted by molar-refractivity contribution is 6.74. The SMILES string of the molecule is CC(C)(C)[Si](C)(C)O[C@@H]1COC[C@@H]1[C@](C)(N)c1ccccc1F. The van der Waals surface area contributed by atoms with Crippen LogP contribution < -0.4 is 5.73 Å². The zero-order valence-electron chi connectivity index (χ0n) is 15.2. The van der Waals surface area contributed by atoms with Gasteiger partial charge in [-0.25, -0.2) is 4.39 Å². The van der Waals surface area contributed by atoms with Crippen LogP contribution in [0.5, 0.6) is 0 Å². The molecule has 2 rings (SSSR count). The van der Waals surface area contributed by atoms with Gasteiger partial charge in [0.05, 0.1) is 19.3 Å². The van der Waals surface area contributed by atoms with Gasteiger partial charge >= 0.3 is 0 Å². The summed E-state index contributed by atoms with van der Waals surface area (Å²) in [5, 5.41) is 0.114. The first-order chi connectivity index (χ1) is 10.5. The van der Waals surface area contributed by atoms with Crippen molar-refractivity contribution in [2.45, 2.75) is 57.5 Å². The van der Waals surface area contributed by atoms with E-state index in [1.807, 2.05) is 13.0 Å². The van der Waals surface area contributed by atoms with Gasteiger partial charge in [0.15, 0.2) is 8.32 Å². The van der Waals surface area contributed by atoms with E-state index in [4.69, 9.17) is 14.9 Å². The minimum atomic E-state index is -1.93. The van der Waals surface area contributed by atoms with E-state index in [0.29, 0.717) is 18.8 Å². The quantitative estimate of drug-likeness (QED) is 0.842. The van der Waals surface area contributed by atoms with Crippen molar-refractivity contribution in [1.82, 2.24) is 0 Å². The van der Waals surface area contributed by atoms with Gasteiger partial charge in [-0.3, -0.25) is 0 Å². The molecular formula is C18H30FNO2Si. The van der Waals surface area contributed by atoms with Crippen molar-refractivity contribution in [2.24, 2.45) is 11.7 Å². The minimum absolute atomic E-state index is 0.0616. The second kappa shape index (κ2) is 6.28. The van der Waals surface area contributed by atoms with Crippen molar-refractivity contribution in [1.29, 1.82) is 0 Å². The fourth-order valence-corrected chi connectivity index (χ4v) is 4.21. The first-order valence-electron chi connectivity index (χ1n) is 8.26. The Bertz CT molecular complexity index is 554. The molecule has 23 heavy (non-hydrogen) atoms. The van der Waals surface area contributed by atoms with Gasteiger partial charge in [0.25, 0.3) is 0 Å². The molecule has 1 aliphatic heterocycles. The van der Waals surface area contributed by atoms with Crippen LogP contribution in [0.15, 0.2) is 24.3 Å². The molecule has 1 aromatic rings. The molecule has 0 saturated carbocycles. The van der Waals surface area contributed by atoms with Gasteiger partial charge in [-0.05, 0) is 31.1 Å². The van der Waals surface area contributed by atoms with Crippen LogP contribution in [0.1, 0.15) is 33.3 Å². The first kappa shape index (κ1) is 18.6. The molecule has 3 nitrogen and oxygen atoms in total. The summed E-state index contributed by atoms with van der Waals surface area (Å²) in [6, 6.07) is 6.73. The molecule has 130 valence electrons. The minimum Gasteiger partial charge on any atom is -0.411 e. The second-order valence-electron chi connectivity index (χ2n) is 8.32. The van der Waals surface area contributed by atoms with Crippen LogP contribution in [-0.4, -0.2) is 27.6 Å². The standard InChI is InChI=1S/C18H30FNO2Si/c1-17(2,3)23(5,6)22-16-12-21-11-14(16)18(4,20)13-9-7-8-10-15(13)19/h7-10,14,16H,11-12,20H2,1-6H3/t14-,16+,18+/m0/s1. The average molecular weight is 340 g/mol. The van der Waals surface area contributed by atoms with Crippen molar-refractivity contribution >= 4 is 8.32 Å². The van der Waals surface area contributed by atoms with Crippen molar-refractivity contribution in [2.75, 3.05) is 13.2 Å². The van der Waals surface area contributed by atoms with Crippen molar-refractivity contribution in [3.05, 3.63) is 35.6 Å². The Hall–Kier alpha value is -0.753. The van der Waals surface area contributed by atoms with E-state index in [9.17, 15) is 4.39 Å². The number of nitrogens with two attached hydrogens (primary N) is 1. The van der Waals surface area contributed by atoms with Crippen molar-refractivity contribution in [3.63, 3.8) is 0 Å². The van der Waals surface area contributed by atoms with Gasteiger partial charge in [-0.2, -0.15) is 0 Å². The molecular weight excluding hydrogens is 309 g/mol. The number of rotatable bonds is 4. The van der Waals surface area contributed by atoms with E-state index in [0.717, 1.165) is 0 Å². The van der Waals surface area contributed by atoms with Gasteiger partial charge in [0.2, 0.25) is 0 Å². The van der Waals surface area contributed by atoms with Crippen LogP contribution in [0, 0.1) is 11.7 Å². The van der Waals surface area contributed by atoms with Crippen LogP contribution in [0.3, 0.4) is 0 Å². The maximum Gasteiger partial charge on any atom is 0.192 e. The number of halogens is 1. The van der Waals surface area contributed by atoms with Gasteiger partial charge in [-0.1, -0.05) is 39.0 Å². The maximum atomic E-state index is 14.2. The molecule has 0 unspecified atom stereocenters. The highest BCUT2D eigenvalue weighted by atomic mass is 28.4. The third kappa shape index (κ3) is 3.68. The Morgan fingerprint density at radius 1 is 1.17 bits per heavy atom. The molecule has 1 saturated heterocycles. The lowest BCUT2D eigenvalue weighted by atomic mass is 9.78. The van der Waals surface area contributed by atoms with Crippen LogP contribution in [0.2, 0.25) is 18.1 Å². The molecule has 1 fully saturated rings. The Labute approximate surface area is 140 Å².